The van der Waals surface area contributed by atoms with Gasteiger partial charge in [-0.2, -0.15) is 0 Å². The largest absolute Gasteiger partial charge is 0.389 e. The van der Waals surface area contributed by atoms with E-state index in [0.717, 1.165) is 31.7 Å². The van der Waals surface area contributed by atoms with Gasteiger partial charge in [0.2, 0.25) is 0 Å². The van der Waals surface area contributed by atoms with Crippen LogP contribution in [0.3, 0.4) is 0 Å². The normalized spacial score (nSPS) is 19.5. The molecule has 4 nitrogen and oxygen atoms in total. The molecule has 1 fully saturated rings. The second-order valence-corrected chi connectivity index (χ2v) is 5.99. The summed E-state index contributed by atoms with van der Waals surface area (Å²) >= 11 is 0. The Hall–Kier alpha value is -1.13. The summed E-state index contributed by atoms with van der Waals surface area (Å²) < 4.78 is 0. The molecule has 1 aliphatic heterocycles. The lowest BCUT2D eigenvalue weighted by molar-refractivity contribution is 0.0385. The van der Waals surface area contributed by atoms with Crippen LogP contribution in [-0.2, 0) is 0 Å². The van der Waals surface area contributed by atoms with E-state index in [2.05, 4.69) is 21.3 Å². The molecule has 0 amide bonds. The van der Waals surface area contributed by atoms with Crippen LogP contribution in [-0.4, -0.2) is 40.9 Å². The second kappa shape index (κ2) is 5.88. The molecule has 0 spiro atoms. The Labute approximate surface area is 115 Å². The lowest BCUT2D eigenvalue weighted by Crippen LogP contribution is -2.52. The summed E-state index contributed by atoms with van der Waals surface area (Å²) in [4.78, 5) is 6.72. The molecule has 1 aromatic heterocycles. The first kappa shape index (κ1) is 14.3. The smallest absolute Gasteiger partial charge is 0.128 e. The average molecular weight is 263 g/mol. The Kier molecular flexibility index (Phi) is 4.42. The summed E-state index contributed by atoms with van der Waals surface area (Å²) in [5.41, 5.74) is -0.669. The molecular weight excluding hydrogens is 238 g/mol. The molecule has 2 rings (SSSR count). The van der Waals surface area contributed by atoms with E-state index in [1.165, 1.54) is 0 Å². The predicted molar refractivity (Wildman–Crippen MR) is 78.4 cm³/mol. The number of piperidine rings is 1. The highest BCUT2D eigenvalue weighted by Gasteiger charge is 2.27. The minimum atomic E-state index is -0.669. The summed E-state index contributed by atoms with van der Waals surface area (Å²) in [6.07, 6.45) is 4.03. The van der Waals surface area contributed by atoms with E-state index >= 15 is 0 Å². The Morgan fingerprint density at radius 3 is 2.58 bits per heavy atom. The lowest BCUT2D eigenvalue weighted by Gasteiger charge is -2.37. The van der Waals surface area contributed by atoms with Crippen molar-refractivity contribution in [1.29, 1.82) is 0 Å². The lowest BCUT2D eigenvalue weighted by atomic mass is 9.97. The summed E-state index contributed by atoms with van der Waals surface area (Å²) in [6, 6.07) is 6.64. The van der Waals surface area contributed by atoms with E-state index in [4.69, 9.17) is 0 Å². The van der Waals surface area contributed by atoms with E-state index in [0.29, 0.717) is 6.04 Å². The number of hydrogen-bond donors (Lipinski definition) is 2. The molecule has 0 aliphatic carbocycles. The van der Waals surface area contributed by atoms with Gasteiger partial charge in [-0.3, -0.25) is 0 Å². The van der Waals surface area contributed by atoms with Crippen LogP contribution >= 0.6 is 0 Å². The minimum absolute atomic E-state index is 0.110. The number of nitrogens with zero attached hydrogens (tertiary/aromatic N) is 2. The molecule has 106 valence electrons. The minimum Gasteiger partial charge on any atom is -0.389 e. The topological polar surface area (TPSA) is 48.4 Å². The second-order valence-electron chi connectivity index (χ2n) is 5.99. The molecule has 1 aromatic rings. The molecule has 19 heavy (non-hydrogen) atoms. The van der Waals surface area contributed by atoms with Gasteiger partial charge in [0.15, 0.2) is 0 Å². The molecule has 0 bridgehead atoms. The summed E-state index contributed by atoms with van der Waals surface area (Å²) in [6.45, 7) is 7.80. The van der Waals surface area contributed by atoms with Crippen molar-refractivity contribution in [3.63, 3.8) is 0 Å². The molecule has 0 aromatic carbocycles. The van der Waals surface area contributed by atoms with Crippen molar-refractivity contribution in [3.05, 3.63) is 24.4 Å². The zero-order valence-electron chi connectivity index (χ0n) is 12.1. The number of aromatic nitrogens is 1. The first-order valence-electron chi connectivity index (χ1n) is 7.11. The van der Waals surface area contributed by atoms with Crippen molar-refractivity contribution in [2.75, 3.05) is 18.0 Å². The maximum atomic E-state index is 9.96. The van der Waals surface area contributed by atoms with Gasteiger partial charge < -0.3 is 15.3 Å². The van der Waals surface area contributed by atoms with Crippen LogP contribution < -0.4 is 10.2 Å². The van der Waals surface area contributed by atoms with E-state index in [9.17, 15) is 5.11 Å². The van der Waals surface area contributed by atoms with Gasteiger partial charge in [0.1, 0.15) is 5.82 Å². The SMILES string of the molecule is CC(NC1CCN(c2ccccn2)CC1)C(C)(C)O. The third-order valence-electron chi connectivity index (χ3n) is 4.01. The molecule has 1 saturated heterocycles. The molecule has 1 atom stereocenters. The fourth-order valence-electron chi connectivity index (χ4n) is 2.37. The van der Waals surface area contributed by atoms with Crippen molar-refractivity contribution >= 4 is 5.82 Å². The first-order valence-corrected chi connectivity index (χ1v) is 7.11. The third kappa shape index (κ3) is 3.91. The molecule has 1 unspecified atom stereocenters. The highest BCUT2D eigenvalue weighted by molar-refractivity contribution is 5.38. The van der Waals surface area contributed by atoms with Gasteiger partial charge in [0.05, 0.1) is 5.60 Å². The van der Waals surface area contributed by atoms with Gasteiger partial charge >= 0.3 is 0 Å². The monoisotopic (exact) mass is 263 g/mol. The predicted octanol–water partition coefficient (Wildman–Crippen LogP) is 1.80. The highest BCUT2D eigenvalue weighted by Crippen LogP contribution is 2.18. The van der Waals surface area contributed by atoms with Gasteiger partial charge in [0, 0.05) is 31.4 Å². The van der Waals surface area contributed by atoms with Crippen molar-refractivity contribution in [3.8, 4) is 0 Å². The maximum Gasteiger partial charge on any atom is 0.128 e. The van der Waals surface area contributed by atoms with E-state index < -0.39 is 5.60 Å². The first-order chi connectivity index (χ1) is 8.97. The Morgan fingerprint density at radius 2 is 2.05 bits per heavy atom. The van der Waals surface area contributed by atoms with Crippen molar-refractivity contribution in [1.82, 2.24) is 10.3 Å². The molecule has 2 N–H and O–H groups in total. The Morgan fingerprint density at radius 1 is 1.37 bits per heavy atom. The third-order valence-corrected chi connectivity index (χ3v) is 4.01. The molecular formula is C15H25N3O. The van der Waals surface area contributed by atoms with Gasteiger partial charge in [0.25, 0.3) is 0 Å². The standard InChI is InChI=1S/C15H25N3O/c1-12(15(2,3)19)17-13-7-10-18(11-8-13)14-6-4-5-9-16-14/h4-6,9,12-13,17,19H,7-8,10-11H2,1-3H3. The van der Waals surface area contributed by atoms with Crippen LogP contribution in [0.15, 0.2) is 24.4 Å². The average Bonchev–Trinajstić information content (AvgIpc) is 2.39. The summed E-state index contributed by atoms with van der Waals surface area (Å²) in [5, 5.41) is 13.5. The fourth-order valence-corrected chi connectivity index (χ4v) is 2.37. The van der Waals surface area contributed by atoms with Gasteiger partial charge in [-0.05, 0) is 45.7 Å². The van der Waals surface area contributed by atoms with E-state index in [1.807, 2.05) is 39.1 Å². The number of pyridine rings is 1. The molecule has 2 heterocycles. The number of nitrogens with one attached hydrogen (secondary N) is 1. The molecule has 4 heteroatoms. The molecule has 0 radical (unpaired) electrons. The van der Waals surface area contributed by atoms with E-state index in [-0.39, 0.29) is 6.04 Å². The van der Waals surface area contributed by atoms with Crippen LogP contribution in [0.4, 0.5) is 5.82 Å². The van der Waals surface area contributed by atoms with Crippen molar-refractivity contribution in [2.24, 2.45) is 0 Å². The van der Waals surface area contributed by atoms with Crippen LogP contribution in [0.2, 0.25) is 0 Å². The maximum absolute atomic E-state index is 9.96. The van der Waals surface area contributed by atoms with Crippen molar-refractivity contribution in [2.45, 2.75) is 51.3 Å². The van der Waals surface area contributed by atoms with Crippen LogP contribution in [0.25, 0.3) is 0 Å². The summed E-state index contributed by atoms with van der Waals surface area (Å²) in [7, 11) is 0. The Balaban J connectivity index is 1.83. The zero-order chi connectivity index (χ0) is 13.9. The van der Waals surface area contributed by atoms with Crippen molar-refractivity contribution < 1.29 is 5.11 Å². The Bertz CT molecular complexity index is 380. The van der Waals surface area contributed by atoms with Gasteiger partial charge in [-0.25, -0.2) is 4.98 Å². The zero-order valence-corrected chi connectivity index (χ0v) is 12.1. The number of rotatable bonds is 4. The highest BCUT2D eigenvalue weighted by atomic mass is 16.3. The van der Waals surface area contributed by atoms with Crippen LogP contribution in [0.1, 0.15) is 33.6 Å². The summed E-state index contributed by atoms with van der Waals surface area (Å²) in [5.74, 6) is 1.07. The van der Waals surface area contributed by atoms with Gasteiger partial charge in [-0.1, -0.05) is 6.07 Å². The molecule has 0 saturated carbocycles. The number of aliphatic hydroxyl groups is 1. The number of anilines is 1. The number of hydrogen-bond acceptors (Lipinski definition) is 4. The van der Waals surface area contributed by atoms with Gasteiger partial charge in [-0.15, -0.1) is 0 Å². The quantitative estimate of drug-likeness (QED) is 0.869. The van der Waals surface area contributed by atoms with Crippen LogP contribution in [0, 0.1) is 0 Å². The molecule has 1 aliphatic rings. The fraction of sp³-hybridized carbons (Fsp3) is 0.667. The van der Waals surface area contributed by atoms with Crippen LogP contribution in [0.5, 0.6) is 0 Å². The van der Waals surface area contributed by atoms with E-state index in [1.54, 1.807) is 0 Å².